The van der Waals surface area contributed by atoms with Gasteiger partial charge in [-0.2, -0.15) is 5.10 Å². The number of hydrogen-bond acceptors (Lipinski definition) is 6. The van der Waals surface area contributed by atoms with Crippen molar-refractivity contribution in [3.8, 4) is 0 Å². The molecular weight excluding hydrogens is 527 g/mol. The molecule has 0 radical (unpaired) electrons. The minimum Gasteiger partial charge on any atom is -0.383 e. The highest BCUT2D eigenvalue weighted by atomic mass is 127. The third kappa shape index (κ3) is 8.60. The van der Waals surface area contributed by atoms with Crippen LogP contribution in [-0.2, 0) is 25.6 Å². The largest absolute Gasteiger partial charge is 0.383 e. The van der Waals surface area contributed by atoms with Crippen LogP contribution in [0.1, 0.15) is 45.5 Å². The summed E-state index contributed by atoms with van der Waals surface area (Å²) < 4.78 is 3.90. The van der Waals surface area contributed by atoms with E-state index in [0.717, 1.165) is 49.0 Å². The Hall–Kier alpha value is -1.34. The lowest BCUT2D eigenvalue weighted by Gasteiger charge is -2.20. The third-order valence-electron chi connectivity index (χ3n) is 4.61. The van der Waals surface area contributed by atoms with Crippen LogP contribution in [0.5, 0.6) is 0 Å². The van der Waals surface area contributed by atoms with Crippen molar-refractivity contribution < 1.29 is 5.11 Å². The van der Waals surface area contributed by atoms with Crippen molar-refractivity contribution in [1.29, 1.82) is 0 Å². The van der Waals surface area contributed by atoms with Crippen molar-refractivity contribution >= 4 is 41.7 Å². The molecule has 1 atom stereocenters. The molecule has 11 heteroatoms. The summed E-state index contributed by atoms with van der Waals surface area (Å²) in [7, 11) is 1.83. The Morgan fingerprint density at radius 2 is 2.06 bits per heavy atom. The van der Waals surface area contributed by atoms with E-state index >= 15 is 0 Å². The highest BCUT2D eigenvalue weighted by molar-refractivity contribution is 14.0. The lowest BCUT2D eigenvalue weighted by atomic mass is 10.0. The van der Waals surface area contributed by atoms with Gasteiger partial charge in [-0.1, -0.05) is 25.6 Å². The fraction of sp³-hybridized carbons (Fsp3) is 0.700. The van der Waals surface area contributed by atoms with Crippen molar-refractivity contribution in [2.24, 2.45) is 18.0 Å². The molecule has 0 aliphatic rings. The van der Waals surface area contributed by atoms with Gasteiger partial charge in [-0.25, -0.2) is 4.99 Å². The van der Waals surface area contributed by atoms with Crippen LogP contribution in [0.25, 0.3) is 0 Å². The summed E-state index contributed by atoms with van der Waals surface area (Å²) in [5.41, 5.74) is -0.323. The fourth-order valence-electron chi connectivity index (χ4n) is 3.02. The molecule has 0 aliphatic carbocycles. The van der Waals surface area contributed by atoms with E-state index in [1.807, 2.05) is 26.4 Å². The summed E-state index contributed by atoms with van der Waals surface area (Å²) in [6.45, 7) is 10.9. The molecule has 0 spiro atoms. The Kier molecular flexibility index (Phi) is 11.8. The van der Waals surface area contributed by atoms with Crippen molar-refractivity contribution in [3.05, 3.63) is 23.8 Å². The van der Waals surface area contributed by atoms with Gasteiger partial charge in [0.1, 0.15) is 11.4 Å². The molecule has 0 saturated heterocycles. The highest BCUT2D eigenvalue weighted by Gasteiger charge is 2.24. The first-order valence-electron chi connectivity index (χ1n) is 10.5. The van der Waals surface area contributed by atoms with Gasteiger partial charge in [0.15, 0.2) is 11.1 Å². The molecule has 9 nitrogen and oxygen atoms in total. The lowest BCUT2D eigenvalue weighted by Crippen LogP contribution is -2.39. The molecule has 0 amide bonds. The zero-order valence-corrected chi connectivity index (χ0v) is 22.6. The van der Waals surface area contributed by atoms with Gasteiger partial charge >= 0.3 is 0 Å². The molecule has 0 aromatic carbocycles. The second-order valence-corrected chi connectivity index (χ2v) is 8.78. The van der Waals surface area contributed by atoms with E-state index in [1.54, 1.807) is 29.6 Å². The van der Waals surface area contributed by atoms with Crippen LogP contribution in [0.2, 0.25) is 0 Å². The second-order valence-electron chi connectivity index (χ2n) is 8.01. The van der Waals surface area contributed by atoms with Crippen LogP contribution in [0.3, 0.4) is 0 Å². The molecule has 176 valence electrons. The van der Waals surface area contributed by atoms with Crippen LogP contribution in [0.15, 0.2) is 22.5 Å². The minimum absolute atomic E-state index is 0. The maximum absolute atomic E-state index is 10.7. The van der Waals surface area contributed by atoms with Crippen LogP contribution in [-0.4, -0.2) is 61.5 Å². The molecule has 1 unspecified atom stereocenters. The lowest BCUT2D eigenvalue weighted by molar-refractivity contribution is 0.0672. The molecule has 2 rings (SSSR count). The number of aromatic nitrogens is 5. The smallest absolute Gasteiger partial charge is 0.191 e. The highest BCUT2D eigenvalue weighted by Crippen LogP contribution is 2.20. The predicted octanol–water partition coefficient (Wildman–Crippen LogP) is 2.40. The zero-order chi connectivity index (χ0) is 22.1. The summed E-state index contributed by atoms with van der Waals surface area (Å²) in [5.74, 6) is 2.26. The third-order valence-corrected chi connectivity index (χ3v) is 5.28. The Bertz CT molecular complexity index is 818. The topological polar surface area (TPSA) is 105 Å². The number of nitrogens with one attached hydrogen (secondary N) is 2. The number of aliphatic hydroxyl groups is 1. The average Bonchev–Trinajstić information content (AvgIpc) is 3.29. The van der Waals surface area contributed by atoms with Gasteiger partial charge in [0.2, 0.25) is 0 Å². The molecule has 31 heavy (non-hydrogen) atoms. The number of aryl methyl sites for hydroxylation is 2. The van der Waals surface area contributed by atoms with E-state index < -0.39 is 5.60 Å². The van der Waals surface area contributed by atoms with Gasteiger partial charge in [-0.15, -0.1) is 34.2 Å². The molecule has 0 fully saturated rings. The van der Waals surface area contributed by atoms with Gasteiger partial charge in [-0.3, -0.25) is 4.68 Å². The number of hydrogen-bond donors (Lipinski definition) is 3. The maximum atomic E-state index is 10.7. The number of thioether (sulfide) groups is 1. The Morgan fingerprint density at radius 3 is 2.65 bits per heavy atom. The Balaban J connectivity index is 0.00000480. The van der Waals surface area contributed by atoms with Crippen LogP contribution in [0, 0.1) is 5.92 Å². The van der Waals surface area contributed by atoms with Gasteiger partial charge in [-0.05, 0) is 32.4 Å². The van der Waals surface area contributed by atoms with E-state index in [0.29, 0.717) is 11.9 Å². The number of rotatable bonds is 11. The molecule has 2 aromatic heterocycles. The van der Waals surface area contributed by atoms with E-state index in [4.69, 9.17) is 0 Å². The van der Waals surface area contributed by atoms with E-state index in [9.17, 15) is 5.11 Å². The average molecular weight is 565 g/mol. The minimum atomic E-state index is -1.07. The van der Waals surface area contributed by atoms with Crippen molar-refractivity contribution in [2.45, 2.75) is 57.8 Å². The van der Waals surface area contributed by atoms with Crippen molar-refractivity contribution in [3.63, 3.8) is 0 Å². The summed E-state index contributed by atoms with van der Waals surface area (Å²) in [5, 5.41) is 31.1. The van der Waals surface area contributed by atoms with Crippen LogP contribution in [0.4, 0.5) is 0 Å². The predicted molar refractivity (Wildman–Crippen MR) is 137 cm³/mol. The van der Waals surface area contributed by atoms with Gasteiger partial charge < -0.3 is 20.3 Å². The Morgan fingerprint density at radius 1 is 1.32 bits per heavy atom. The molecular formula is C20H37IN8OS. The van der Waals surface area contributed by atoms with Crippen molar-refractivity contribution in [2.75, 3.05) is 25.9 Å². The summed E-state index contributed by atoms with van der Waals surface area (Å²) in [6, 6.07) is 0. The molecule has 2 aromatic rings. The van der Waals surface area contributed by atoms with Crippen LogP contribution >= 0.6 is 35.7 Å². The van der Waals surface area contributed by atoms with Gasteiger partial charge in [0, 0.05) is 44.9 Å². The summed E-state index contributed by atoms with van der Waals surface area (Å²) in [6.07, 6.45) is 7.28. The zero-order valence-electron chi connectivity index (χ0n) is 19.4. The summed E-state index contributed by atoms with van der Waals surface area (Å²) in [4.78, 5) is 4.56. The first kappa shape index (κ1) is 27.7. The molecule has 3 N–H and O–H groups in total. The quantitative estimate of drug-likeness (QED) is 0.127. The van der Waals surface area contributed by atoms with E-state index in [2.05, 4.69) is 49.3 Å². The second kappa shape index (κ2) is 13.3. The van der Waals surface area contributed by atoms with Crippen LogP contribution < -0.4 is 10.6 Å². The first-order chi connectivity index (χ1) is 14.3. The number of guanidine groups is 1. The summed E-state index contributed by atoms with van der Waals surface area (Å²) >= 11 is 1.63. The standard InChI is InChI=1S/C20H36N8OS.HI/c1-7-21-18(23-14-20(4,29)16-11-24-27(5)13-16)22-10-8-9-17-25-26-19(30-6)28(17)12-15(2)3;/h11,13,15,29H,7-10,12,14H2,1-6H3,(H2,21,22,23);1H. The van der Waals surface area contributed by atoms with Crippen molar-refractivity contribution in [1.82, 2.24) is 35.2 Å². The SMILES string of the molecule is CCNC(=NCC(C)(O)c1cnn(C)c1)NCCCc1nnc(SC)n1CC(C)C.I. The number of halogens is 1. The number of aliphatic imine (C=N–C) groups is 1. The van der Waals surface area contributed by atoms with E-state index in [-0.39, 0.29) is 30.5 Å². The first-order valence-corrected chi connectivity index (χ1v) is 11.7. The maximum Gasteiger partial charge on any atom is 0.191 e. The molecule has 2 heterocycles. The van der Waals surface area contributed by atoms with Gasteiger partial charge in [0.05, 0.1) is 12.7 Å². The fourth-order valence-corrected chi connectivity index (χ4v) is 3.54. The normalized spacial score (nSPS) is 13.7. The van der Waals surface area contributed by atoms with Gasteiger partial charge in [0.25, 0.3) is 0 Å². The molecule has 0 aliphatic heterocycles. The molecule has 0 saturated carbocycles. The number of nitrogens with zero attached hydrogens (tertiary/aromatic N) is 6. The Labute approximate surface area is 206 Å². The van der Waals surface area contributed by atoms with E-state index in [1.165, 1.54) is 0 Å². The molecule has 0 bridgehead atoms. The monoisotopic (exact) mass is 564 g/mol.